The molecule has 0 bridgehead atoms. The van der Waals surface area contributed by atoms with E-state index in [-0.39, 0.29) is 17.1 Å². The number of carbonyl (C=O) groups excluding carboxylic acids is 1. The van der Waals surface area contributed by atoms with Crippen LogP contribution in [0.5, 0.6) is 5.75 Å². The van der Waals surface area contributed by atoms with Crippen molar-refractivity contribution in [2.24, 2.45) is 0 Å². The van der Waals surface area contributed by atoms with Gasteiger partial charge in [0.25, 0.3) is 0 Å². The van der Waals surface area contributed by atoms with Gasteiger partial charge in [-0.1, -0.05) is 23.7 Å². The number of thioether (sulfide) groups is 1. The first-order valence-corrected chi connectivity index (χ1v) is 9.84. The Kier molecular flexibility index (Phi) is 6.08. The molecule has 0 aliphatic heterocycles. The van der Waals surface area contributed by atoms with Gasteiger partial charge in [-0.05, 0) is 36.8 Å². The molecule has 27 heavy (non-hydrogen) atoms. The number of methoxy groups -OCH3 is 1. The average Bonchev–Trinajstić information content (AvgIpc) is 2.64. The maximum absolute atomic E-state index is 12.3. The maximum Gasteiger partial charge on any atom is 0.234 e. The minimum Gasteiger partial charge on any atom is -0.495 e. The Labute approximate surface area is 166 Å². The Morgan fingerprint density at radius 2 is 2.07 bits per heavy atom. The third-order valence-electron chi connectivity index (χ3n) is 4.05. The first-order valence-electron chi connectivity index (χ1n) is 8.30. The summed E-state index contributed by atoms with van der Waals surface area (Å²) < 4.78 is 5.31. The lowest BCUT2D eigenvalue weighted by Gasteiger charge is -2.09. The van der Waals surface area contributed by atoms with E-state index >= 15 is 0 Å². The van der Waals surface area contributed by atoms with Crippen LogP contribution in [0.2, 0.25) is 5.02 Å². The van der Waals surface area contributed by atoms with E-state index in [1.807, 2.05) is 19.1 Å². The standard InChI is InChI=1S/C20H19ClN2O3S/c1-12-6-7-13(8-16(12)21)22-19(25)11-27-10-14-9-17(24)15-4-3-5-18(26-2)20(15)23-14/h3-9H,10-11H2,1-2H3,(H,22,25)(H,23,24). The molecule has 1 heterocycles. The van der Waals surface area contributed by atoms with Crippen LogP contribution in [0.1, 0.15) is 11.3 Å². The highest BCUT2D eigenvalue weighted by Gasteiger charge is 2.09. The van der Waals surface area contributed by atoms with Gasteiger partial charge in [-0.3, -0.25) is 9.59 Å². The molecular formula is C20H19ClN2O3S. The molecule has 2 N–H and O–H groups in total. The molecule has 3 aromatic rings. The molecule has 0 saturated carbocycles. The van der Waals surface area contributed by atoms with E-state index in [4.69, 9.17) is 16.3 Å². The molecule has 140 valence electrons. The minimum absolute atomic E-state index is 0.0722. The highest BCUT2D eigenvalue weighted by molar-refractivity contribution is 7.99. The van der Waals surface area contributed by atoms with Crippen molar-refractivity contribution >= 4 is 45.9 Å². The number of halogens is 1. The number of rotatable bonds is 6. The number of ether oxygens (including phenoxy) is 1. The van der Waals surface area contributed by atoms with Crippen LogP contribution >= 0.6 is 23.4 Å². The molecule has 3 rings (SSSR count). The highest BCUT2D eigenvalue weighted by atomic mass is 35.5. The van der Waals surface area contributed by atoms with Gasteiger partial charge >= 0.3 is 0 Å². The van der Waals surface area contributed by atoms with Crippen LogP contribution in [0.3, 0.4) is 0 Å². The van der Waals surface area contributed by atoms with Gasteiger partial charge in [0.15, 0.2) is 5.43 Å². The molecule has 0 radical (unpaired) electrons. The van der Waals surface area contributed by atoms with Crippen LogP contribution in [0.15, 0.2) is 47.3 Å². The fraction of sp³-hybridized carbons (Fsp3) is 0.200. The van der Waals surface area contributed by atoms with Gasteiger partial charge in [-0.2, -0.15) is 0 Å². The quantitative estimate of drug-likeness (QED) is 0.642. The molecule has 0 unspecified atom stereocenters. The summed E-state index contributed by atoms with van der Waals surface area (Å²) in [6.45, 7) is 1.91. The summed E-state index contributed by atoms with van der Waals surface area (Å²) in [5.74, 6) is 1.26. The van der Waals surface area contributed by atoms with Crippen LogP contribution in [-0.4, -0.2) is 23.8 Å². The molecule has 0 aliphatic carbocycles. The molecule has 1 aromatic heterocycles. The fourth-order valence-corrected chi connectivity index (χ4v) is 3.58. The number of pyridine rings is 1. The van der Waals surface area contributed by atoms with E-state index in [0.717, 1.165) is 11.3 Å². The van der Waals surface area contributed by atoms with Crippen molar-refractivity contribution in [1.29, 1.82) is 0 Å². The van der Waals surface area contributed by atoms with Crippen molar-refractivity contribution in [2.45, 2.75) is 12.7 Å². The summed E-state index contributed by atoms with van der Waals surface area (Å²) in [4.78, 5) is 27.6. The molecule has 0 atom stereocenters. The number of H-pyrrole nitrogens is 1. The Morgan fingerprint density at radius 3 is 2.81 bits per heavy atom. The zero-order chi connectivity index (χ0) is 19.4. The van der Waals surface area contributed by atoms with E-state index in [1.165, 1.54) is 11.8 Å². The molecule has 5 nitrogen and oxygen atoms in total. The second-order valence-corrected chi connectivity index (χ2v) is 7.44. The molecule has 0 saturated heterocycles. The monoisotopic (exact) mass is 402 g/mol. The lowest BCUT2D eigenvalue weighted by molar-refractivity contribution is -0.113. The SMILES string of the molecule is COc1cccc2c(=O)cc(CSCC(=O)Nc3ccc(C)c(Cl)c3)[nH]c12. The second-order valence-electron chi connectivity index (χ2n) is 6.05. The molecule has 0 fully saturated rings. The van der Waals surface area contributed by atoms with E-state index in [0.29, 0.717) is 33.1 Å². The predicted octanol–water partition coefficient (Wildman–Crippen LogP) is 4.37. The van der Waals surface area contributed by atoms with Crippen LogP contribution in [-0.2, 0) is 10.5 Å². The van der Waals surface area contributed by atoms with Crippen LogP contribution in [0.4, 0.5) is 5.69 Å². The number of carbonyl (C=O) groups is 1. The predicted molar refractivity (Wildman–Crippen MR) is 112 cm³/mol. The number of aryl methyl sites for hydroxylation is 1. The molecule has 2 aromatic carbocycles. The lowest BCUT2D eigenvalue weighted by Crippen LogP contribution is -2.14. The molecule has 0 spiro atoms. The van der Waals surface area contributed by atoms with E-state index in [9.17, 15) is 9.59 Å². The molecule has 1 amide bonds. The van der Waals surface area contributed by atoms with Gasteiger partial charge in [-0.25, -0.2) is 0 Å². The fourth-order valence-electron chi connectivity index (χ4n) is 2.67. The van der Waals surface area contributed by atoms with Crippen molar-refractivity contribution < 1.29 is 9.53 Å². The summed E-state index contributed by atoms with van der Waals surface area (Å²) in [7, 11) is 1.57. The van der Waals surface area contributed by atoms with Gasteiger partial charge in [0.1, 0.15) is 5.75 Å². The van der Waals surface area contributed by atoms with E-state index < -0.39 is 0 Å². The number of fused-ring (bicyclic) bond motifs is 1. The van der Waals surface area contributed by atoms with Crippen LogP contribution in [0, 0.1) is 6.92 Å². The Bertz CT molecular complexity index is 1050. The number of hydrogen-bond acceptors (Lipinski definition) is 4. The minimum atomic E-state index is -0.124. The van der Waals surface area contributed by atoms with Gasteiger partial charge in [0.2, 0.25) is 5.91 Å². The smallest absolute Gasteiger partial charge is 0.234 e. The summed E-state index contributed by atoms with van der Waals surface area (Å²) in [5.41, 5.74) is 2.96. The van der Waals surface area contributed by atoms with Crippen molar-refractivity contribution in [3.05, 3.63) is 69.0 Å². The first kappa shape index (κ1) is 19.3. The number of benzene rings is 2. The lowest BCUT2D eigenvalue weighted by atomic mass is 10.2. The second kappa shape index (κ2) is 8.50. The third kappa shape index (κ3) is 4.64. The first-order chi connectivity index (χ1) is 13.0. The van der Waals surface area contributed by atoms with Gasteiger partial charge in [-0.15, -0.1) is 11.8 Å². The van der Waals surface area contributed by atoms with E-state index in [1.54, 1.807) is 37.4 Å². The summed E-state index contributed by atoms with van der Waals surface area (Å²) >= 11 is 7.48. The summed E-state index contributed by atoms with van der Waals surface area (Å²) in [5, 5.41) is 4.01. The number of hydrogen-bond donors (Lipinski definition) is 2. The summed E-state index contributed by atoms with van der Waals surface area (Å²) in [6.07, 6.45) is 0. The van der Waals surface area contributed by atoms with Gasteiger partial charge < -0.3 is 15.0 Å². The van der Waals surface area contributed by atoms with Gasteiger partial charge in [0.05, 0.1) is 18.4 Å². The van der Waals surface area contributed by atoms with Gasteiger partial charge in [0, 0.05) is 33.6 Å². The molecule has 0 aliphatic rings. The Morgan fingerprint density at radius 1 is 1.26 bits per heavy atom. The average molecular weight is 403 g/mol. The number of para-hydroxylation sites is 1. The number of anilines is 1. The normalized spacial score (nSPS) is 10.8. The zero-order valence-electron chi connectivity index (χ0n) is 15.0. The third-order valence-corrected chi connectivity index (χ3v) is 5.44. The highest BCUT2D eigenvalue weighted by Crippen LogP contribution is 2.23. The topological polar surface area (TPSA) is 71.2 Å². The summed E-state index contributed by atoms with van der Waals surface area (Å²) in [6, 6.07) is 12.3. The number of aromatic nitrogens is 1. The van der Waals surface area contributed by atoms with Crippen molar-refractivity contribution in [3.8, 4) is 5.75 Å². The zero-order valence-corrected chi connectivity index (χ0v) is 16.5. The Balaban J connectivity index is 1.64. The maximum atomic E-state index is 12.3. The van der Waals surface area contributed by atoms with Crippen LogP contribution in [0.25, 0.3) is 10.9 Å². The molecular weight excluding hydrogens is 384 g/mol. The Hall–Kier alpha value is -2.44. The number of amides is 1. The largest absolute Gasteiger partial charge is 0.495 e. The van der Waals surface area contributed by atoms with Crippen molar-refractivity contribution in [2.75, 3.05) is 18.2 Å². The van der Waals surface area contributed by atoms with E-state index in [2.05, 4.69) is 10.3 Å². The van der Waals surface area contributed by atoms with Crippen LogP contribution < -0.4 is 15.5 Å². The number of aromatic amines is 1. The van der Waals surface area contributed by atoms with Crippen molar-refractivity contribution in [1.82, 2.24) is 4.98 Å². The molecule has 7 heteroatoms. The number of nitrogens with one attached hydrogen (secondary N) is 2. The van der Waals surface area contributed by atoms with Crippen molar-refractivity contribution in [3.63, 3.8) is 0 Å².